The van der Waals surface area contributed by atoms with E-state index in [1.54, 1.807) is 63.7 Å². The van der Waals surface area contributed by atoms with Gasteiger partial charge in [-0.2, -0.15) is 4.98 Å². The molecule has 9 heteroatoms. The van der Waals surface area contributed by atoms with Crippen LogP contribution in [-0.2, 0) is 4.79 Å². The lowest BCUT2D eigenvalue weighted by molar-refractivity contribution is -0.117. The minimum absolute atomic E-state index is 0.0360. The molecule has 1 saturated heterocycles. The second kappa shape index (κ2) is 8.55. The van der Waals surface area contributed by atoms with Crippen LogP contribution in [0.25, 0.3) is 11.4 Å². The molecule has 1 aromatic heterocycles. The highest BCUT2D eigenvalue weighted by molar-refractivity contribution is 5.96. The number of ether oxygens (including phenoxy) is 4. The number of hydrogen-bond donors (Lipinski definition) is 0. The first-order valence-corrected chi connectivity index (χ1v) is 9.65. The van der Waals surface area contributed by atoms with E-state index in [9.17, 15) is 4.79 Å². The van der Waals surface area contributed by atoms with Crippen LogP contribution >= 0.6 is 0 Å². The van der Waals surface area contributed by atoms with Gasteiger partial charge in [0.1, 0.15) is 11.5 Å². The Balaban J connectivity index is 1.56. The maximum atomic E-state index is 12.7. The van der Waals surface area contributed by atoms with Gasteiger partial charge in [0.25, 0.3) is 0 Å². The lowest BCUT2D eigenvalue weighted by Crippen LogP contribution is -2.24. The largest absolute Gasteiger partial charge is 0.497 e. The molecule has 0 bridgehead atoms. The first kappa shape index (κ1) is 20.5. The number of methoxy groups -OCH3 is 4. The Kier molecular flexibility index (Phi) is 5.66. The Morgan fingerprint density at radius 3 is 2.29 bits per heavy atom. The van der Waals surface area contributed by atoms with E-state index in [0.717, 1.165) is 5.56 Å². The van der Waals surface area contributed by atoms with E-state index in [1.165, 1.54) is 0 Å². The number of rotatable bonds is 7. The van der Waals surface area contributed by atoms with E-state index in [0.29, 0.717) is 46.9 Å². The molecule has 0 saturated carbocycles. The number of amides is 1. The van der Waals surface area contributed by atoms with Crippen molar-refractivity contribution in [2.75, 3.05) is 39.9 Å². The number of anilines is 1. The van der Waals surface area contributed by atoms with Gasteiger partial charge in [0.2, 0.25) is 17.6 Å². The maximum absolute atomic E-state index is 12.7. The van der Waals surface area contributed by atoms with Crippen molar-refractivity contribution in [3.05, 3.63) is 42.3 Å². The number of hydrogen-bond acceptors (Lipinski definition) is 8. The van der Waals surface area contributed by atoms with Crippen LogP contribution in [0.15, 0.2) is 40.9 Å². The van der Waals surface area contributed by atoms with Crippen LogP contribution in [0.2, 0.25) is 0 Å². The first-order chi connectivity index (χ1) is 15.1. The monoisotopic (exact) mass is 425 g/mol. The van der Waals surface area contributed by atoms with Gasteiger partial charge in [0.05, 0.1) is 40.0 Å². The molecule has 0 spiro atoms. The molecule has 0 aliphatic carbocycles. The van der Waals surface area contributed by atoms with E-state index in [4.69, 9.17) is 23.5 Å². The molecule has 0 radical (unpaired) electrons. The van der Waals surface area contributed by atoms with E-state index in [2.05, 4.69) is 10.1 Å². The standard InChI is InChI=1S/C22H23N3O6/c1-27-16-9-15(10-17(11-16)28-2)25-12-14(8-20(25)26)22-23-21(24-31-22)13-5-6-18(29-3)19(7-13)30-4/h5-7,9-11,14H,8,12H2,1-4H3. The number of carbonyl (C=O) groups excluding carboxylic acids is 1. The van der Waals surface area contributed by atoms with E-state index in [-0.39, 0.29) is 18.2 Å². The van der Waals surface area contributed by atoms with E-state index >= 15 is 0 Å². The average molecular weight is 425 g/mol. The molecule has 9 nitrogen and oxygen atoms in total. The van der Waals surface area contributed by atoms with Crippen molar-refractivity contribution < 1.29 is 28.3 Å². The average Bonchev–Trinajstić information content (AvgIpc) is 3.45. The lowest BCUT2D eigenvalue weighted by Gasteiger charge is -2.18. The summed E-state index contributed by atoms with van der Waals surface area (Å²) in [6.45, 7) is 0.419. The van der Waals surface area contributed by atoms with Crippen LogP contribution in [0, 0.1) is 0 Å². The summed E-state index contributed by atoms with van der Waals surface area (Å²) < 4.78 is 26.7. The van der Waals surface area contributed by atoms with Gasteiger partial charge in [-0.25, -0.2) is 0 Å². The Bertz CT molecular complexity index is 1070. The van der Waals surface area contributed by atoms with Gasteiger partial charge in [0, 0.05) is 36.7 Å². The second-order valence-corrected chi connectivity index (χ2v) is 7.00. The lowest BCUT2D eigenvalue weighted by atomic mass is 10.1. The summed E-state index contributed by atoms with van der Waals surface area (Å²) in [4.78, 5) is 18.9. The predicted octanol–water partition coefficient (Wildman–Crippen LogP) is 3.29. The molecule has 2 aromatic carbocycles. The fourth-order valence-corrected chi connectivity index (χ4v) is 3.56. The third-order valence-electron chi connectivity index (χ3n) is 5.21. The third kappa shape index (κ3) is 3.98. The number of benzene rings is 2. The topological polar surface area (TPSA) is 96.2 Å². The fraction of sp³-hybridized carbons (Fsp3) is 0.318. The van der Waals surface area contributed by atoms with Crippen molar-refractivity contribution >= 4 is 11.6 Å². The summed E-state index contributed by atoms with van der Waals surface area (Å²) in [5.74, 6) is 2.98. The molecule has 1 unspecified atom stereocenters. The Hall–Kier alpha value is -3.75. The van der Waals surface area contributed by atoms with Crippen molar-refractivity contribution in [3.8, 4) is 34.4 Å². The van der Waals surface area contributed by atoms with Crippen LogP contribution < -0.4 is 23.8 Å². The van der Waals surface area contributed by atoms with Gasteiger partial charge < -0.3 is 28.4 Å². The molecule has 1 atom stereocenters. The fourth-order valence-electron chi connectivity index (χ4n) is 3.56. The summed E-state index contributed by atoms with van der Waals surface area (Å²) in [5.41, 5.74) is 1.43. The van der Waals surface area contributed by atoms with Crippen LogP contribution in [0.4, 0.5) is 5.69 Å². The number of nitrogens with zero attached hydrogens (tertiary/aromatic N) is 3. The minimum Gasteiger partial charge on any atom is -0.497 e. The first-order valence-electron chi connectivity index (χ1n) is 9.65. The summed E-state index contributed by atoms with van der Waals surface area (Å²) in [7, 11) is 6.28. The molecule has 3 aromatic rings. The molecule has 1 aliphatic heterocycles. The number of aromatic nitrogens is 2. The van der Waals surface area contributed by atoms with Crippen molar-refractivity contribution in [1.29, 1.82) is 0 Å². The van der Waals surface area contributed by atoms with Crippen molar-refractivity contribution in [3.63, 3.8) is 0 Å². The highest BCUT2D eigenvalue weighted by atomic mass is 16.5. The molecular formula is C22H23N3O6. The summed E-state index contributed by atoms with van der Waals surface area (Å²) in [6, 6.07) is 10.7. The Morgan fingerprint density at radius 2 is 1.65 bits per heavy atom. The van der Waals surface area contributed by atoms with Crippen LogP contribution in [0.5, 0.6) is 23.0 Å². The van der Waals surface area contributed by atoms with Crippen molar-refractivity contribution in [2.24, 2.45) is 0 Å². The van der Waals surface area contributed by atoms with E-state index < -0.39 is 0 Å². The van der Waals surface area contributed by atoms with Crippen molar-refractivity contribution in [2.45, 2.75) is 12.3 Å². The van der Waals surface area contributed by atoms with Gasteiger partial charge in [-0.05, 0) is 18.2 Å². The molecule has 1 aliphatic rings. The second-order valence-electron chi connectivity index (χ2n) is 7.00. The highest BCUT2D eigenvalue weighted by Gasteiger charge is 2.35. The van der Waals surface area contributed by atoms with Crippen LogP contribution in [0.3, 0.4) is 0 Å². The van der Waals surface area contributed by atoms with Crippen molar-refractivity contribution in [1.82, 2.24) is 10.1 Å². The zero-order valence-electron chi connectivity index (χ0n) is 17.7. The molecule has 31 heavy (non-hydrogen) atoms. The minimum atomic E-state index is -0.217. The Morgan fingerprint density at radius 1 is 0.935 bits per heavy atom. The normalized spacial score (nSPS) is 15.8. The van der Waals surface area contributed by atoms with Gasteiger partial charge in [0.15, 0.2) is 11.5 Å². The molecule has 2 heterocycles. The molecule has 162 valence electrons. The van der Waals surface area contributed by atoms with Gasteiger partial charge in [-0.15, -0.1) is 0 Å². The third-order valence-corrected chi connectivity index (χ3v) is 5.21. The quantitative estimate of drug-likeness (QED) is 0.569. The highest BCUT2D eigenvalue weighted by Crippen LogP contribution is 2.36. The van der Waals surface area contributed by atoms with Gasteiger partial charge in [-0.1, -0.05) is 5.16 Å². The molecular weight excluding hydrogens is 402 g/mol. The Labute approximate surface area is 179 Å². The molecule has 1 amide bonds. The molecule has 1 fully saturated rings. The number of carbonyl (C=O) groups is 1. The maximum Gasteiger partial charge on any atom is 0.232 e. The predicted molar refractivity (Wildman–Crippen MR) is 112 cm³/mol. The molecule has 4 rings (SSSR count). The zero-order chi connectivity index (χ0) is 22.0. The van der Waals surface area contributed by atoms with E-state index in [1.807, 2.05) is 6.07 Å². The SMILES string of the molecule is COc1cc(OC)cc(N2CC(c3nc(-c4ccc(OC)c(OC)c4)no3)CC2=O)c1. The van der Waals surface area contributed by atoms with Gasteiger partial charge in [-0.3, -0.25) is 4.79 Å². The summed E-state index contributed by atoms with van der Waals surface area (Å²) in [6.07, 6.45) is 0.271. The zero-order valence-corrected chi connectivity index (χ0v) is 17.7. The summed E-state index contributed by atoms with van der Waals surface area (Å²) in [5, 5.41) is 4.09. The van der Waals surface area contributed by atoms with Gasteiger partial charge >= 0.3 is 0 Å². The molecule has 0 N–H and O–H groups in total. The van der Waals surface area contributed by atoms with Crippen LogP contribution in [0.1, 0.15) is 18.2 Å². The van der Waals surface area contributed by atoms with Crippen LogP contribution in [-0.4, -0.2) is 51.0 Å². The summed E-state index contributed by atoms with van der Waals surface area (Å²) >= 11 is 0. The smallest absolute Gasteiger partial charge is 0.232 e.